The molecule has 0 bridgehead atoms. The SMILES string of the molecule is O=C(c1ccc(-c2ccn[nH]2)cc1)N1C[C@H]2OCCN(C(=O)CCc3ccc(OC(F)(F)F)cc3)[C@H]2C1. The molecule has 37 heavy (non-hydrogen) atoms. The molecule has 2 fully saturated rings. The van der Waals surface area contributed by atoms with Crippen molar-refractivity contribution in [3.63, 3.8) is 0 Å². The Hall–Kier alpha value is -3.86. The summed E-state index contributed by atoms with van der Waals surface area (Å²) in [5, 5.41) is 6.83. The van der Waals surface area contributed by atoms with Gasteiger partial charge in [-0.25, -0.2) is 0 Å². The van der Waals surface area contributed by atoms with Gasteiger partial charge in [-0.3, -0.25) is 14.7 Å². The second kappa shape index (κ2) is 10.3. The summed E-state index contributed by atoms with van der Waals surface area (Å²) in [6.07, 6.45) is -2.76. The summed E-state index contributed by atoms with van der Waals surface area (Å²) in [6.45, 7) is 1.59. The quantitative estimate of drug-likeness (QED) is 0.543. The Morgan fingerprint density at radius 2 is 1.81 bits per heavy atom. The van der Waals surface area contributed by atoms with E-state index in [1.165, 1.54) is 24.3 Å². The third-order valence-corrected chi connectivity index (χ3v) is 6.64. The van der Waals surface area contributed by atoms with Gasteiger partial charge in [0.2, 0.25) is 5.91 Å². The van der Waals surface area contributed by atoms with Crippen molar-refractivity contribution in [1.29, 1.82) is 0 Å². The van der Waals surface area contributed by atoms with Crippen LogP contribution in [0, 0.1) is 0 Å². The molecule has 2 amide bonds. The van der Waals surface area contributed by atoms with Crippen LogP contribution in [0.3, 0.4) is 0 Å². The molecule has 5 rings (SSSR count). The predicted octanol–water partition coefficient (Wildman–Crippen LogP) is 3.66. The third-order valence-electron chi connectivity index (χ3n) is 6.64. The molecule has 8 nitrogen and oxygen atoms in total. The largest absolute Gasteiger partial charge is 0.573 e. The second-order valence-corrected chi connectivity index (χ2v) is 9.01. The van der Waals surface area contributed by atoms with Crippen molar-refractivity contribution in [2.45, 2.75) is 31.3 Å². The molecule has 2 aliphatic heterocycles. The van der Waals surface area contributed by atoms with Gasteiger partial charge >= 0.3 is 6.36 Å². The van der Waals surface area contributed by atoms with E-state index in [1.807, 2.05) is 18.2 Å². The molecule has 0 saturated carbocycles. The van der Waals surface area contributed by atoms with Crippen LogP contribution in [0.4, 0.5) is 13.2 Å². The van der Waals surface area contributed by atoms with Crippen LogP contribution >= 0.6 is 0 Å². The maximum atomic E-state index is 13.2. The number of aromatic nitrogens is 2. The lowest BCUT2D eigenvalue weighted by Gasteiger charge is -2.36. The molecular formula is C26H25F3N4O4. The summed E-state index contributed by atoms with van der Waals surface area (Å²) < 4.78 is 46.8. The van der Waals surface area contributed by atoms with Crippen LogP contribution in [0.2, 0.25) is 0 Å². The number of rotatable bonds is 6. The third kappa shape index (κ3) is 5.77. The van der Waals surface area contributed by atoms with E-state index < -0.39 is 6.36 Å². The Bertz CT molecular complexity index is 1230. The van der Waals surface area contributed by atoms with Crippen molar-refractivity contribution >= 4 is 11.8 Å². The summed E-state index contributed by atoms with van der Waals surface area (Å²) in [7, 11) is 0. The fraction of sp³-hybridized carbons (Fsp3) is 0.346. The van der Waals surface area contributed by atoms with E-state index in [2.05, 4.69) is 14.9 Å². The molecule has 0 aliphatic carbocycles. The monoisotopic (exact) mass is 514 g/mol. The standard InChI is InChI=1S/C26H25F3N4O4/c27-26(28,29)37-20-8-1-17(2-9-20)3-10-24(34)33-13-14-36-23-16-32(15-22(23)33)25(35)19-6-4-18(5-7-19)21-11-12-30-31-21/h1-2,4-9,11-12,22-23H,3,10,13-16H2,(H,30,31)/t22-,23+/m0/s1. The Morgan fingerprint density at radius 1 is 1.05 bits per heavy atom. The first kappa shape index (κ1) is 24.8. The highest BCUT2D eigenvalue weighted by Gasteiger charge is 2.43. The minimum Gasteiger partial charge on any atom is -0.406 e. The summed E-state index contributed by atoms with van der Waals surface area (Å²) in [5.41, 5.74) is 3.07. The number of fused-ring (bicyclic) bond motifs is 1. The molecular weight excluding hydrogens is 489 g/mol. The number of carbonyl (C=O) groups is 2. The predicted molar refractivity (Wildman–Crippen MR) is 127 cm³/mol. The van der Waals surface area contributed by atoms with E-state index in [9.17, 15) is 22.8 Å². The summed E-state index contributed by atoms with van der Waals surface area (Å²) in [4.78, 5) is 29.7. The maximum Gasteiger partial charge on any atom is 0.573 e. The highest BCUT2D eigenvalue weighted by Crippen LogP contribution is 2.27. The van der Waals surface area contributed by atoms with Crippen molar-refractivity contribution in [3.05, 3.63) is 71.9 Å². The maximum absolute atomic E-state index is 13.2. The van der Waals surface area contributed by atoms with Gasteiger partial charge in [0.25, 0.3) is 5.91 Å². The van der Waals surface area contributed by atoms with Gasteiger partial charge in [-0.1, -0.05) is 24.3 Å². The van der Waals surface area contributed by atoms with Crippen LogP contribution in [-0.2, 0) is 16.0 Å². The lowest BCUT2D eigenvalue weighted by molar-refractivity contribution is -0.274. The van der Waals surface area contributed by atoms with Gasteiger partial charge in [0.15, 0.2) is 0 Å². The molecule has 0 spiro atoms. The zero-order valence-electron chi connectivity index (χ0n) is 19.8. The van der Waals surface area contributed by atoms with Crippen LogP contribution in [0.1, 0.15) is 22.3 Å². The van der Waals surface area contributed by atoms with Crippen LogP contribution in [0.5, 0.6) is 5.75 Å². The zero-order chi connectivity index (χ0) is 26.0. The van der Waals surface area contributed by atoms with Gasteiger partial charge in [0.1, 0.15) is 5.75 Å². The van der Waals surface area contributed by atoms with Crippen LogP contribution in [-0.4, -0.2) is 76.6 Å². The number of halogens is 3. The number of nitrogens with zero attached hydrogens (tertiary/aromatic N) is 3. The number of nitrogens with one attached hydrogen (secondary N) is 1. The van der Waals surface area contributed by atoms with Gasteiger partial charge < -0.3 is 19.3 Å². The van der Waals surface area contributed by atoms with Gasteiger partial charge in [0, 0.05) is 37.8 Å². The van der Waals surface area contributed by atoms with Crippen molar-refractivity contribution in [2.75, 3.05) is 26.2 Å². The highest BCUT2D eigenvalue weighted by atomic mass is 19.4. The Morgan fingerprint density at radius 3 is 2.49 bits per heavy atom. The number of ether oxygens (including phenoxy) is 2. The van der Waals surface area contributed by atoms with Crippen molar-refractivity contribution in [2.24, 2.45) is 0 Å². The molecule has 2 aliphatic rings. The average molecular weight is 515 g/mol. The Labute approximate surface area is 211 Å². The van der Waals surface area contributed by atoms with E-state index in [4.69, 9.17) is 4.74 Å². The van der Waals surface area contributed by atoms with Gasteiger partial charge in [-0.05, 0) is 47.9 Å². The van der Waals surface area contributed by atoms with E-state index in [-0.39, 0.29) is 36.1 Å². The smallest absolute Gasteiger partial charge is 0.406 e. The molecule has 1 N–H and O–H groups in total. The lowest BCUT2D eigenvalue weighted by Crippen LogP contribution is -2.53. The first-order valence-corrected chi connectivity index (χ1v) is 11.9. The van der Waals surface area contributed by atoms with Crippen molar-refractivity contribution < 1.29 is 32.2 Å². The van der Waals surface area contributed by atoms with Crippen molar-refractivity contribution in [1.82, 2.24) is 20.0 Å². The number of hydrogen-bond acceptors (Lipinski definition) is 5. The van der Waals surface area contributed by atoms with Crippen LogP contribution in [0.25, 0.3) is 11.3 Å². The number of morpholine rings is 1. The van der Waals surface area contributed by atoms with Gasteiger partial charge in [-0.15, -0.1) is 13.2 Å². The average Bonchev–Trinajstić information content (AvgIpc) is 3.57. The number of aryl methyl sites for hydroxylation is 1. The molecule has 3 heterocycles. The molecule has 0 radical (unpaired) electrons. The number of aromatic amines is 1. The molecule has 1 aromatic heterocycles. The number of alkyl halides is 3. The number of likely N-dealkylation sites (tertiary alicyclic amines) is 1. The Kier molecular flexibility index (Phi) is 6.88. The molecule has 3 aromatic rings. The number of hydrogen-bond donors (Lipinski definition) is 1. The number of amides is 2. The minimum atomic E-state index is -4.75. The fourth-order valence-electron chi connectivity index (χ4n) is 4.81. The van der Waals surface area contributed by atoms with E-state index >= 15 is 0 Å². The fourth-order valence-corrected chi connectivity index (χ4v) is 4.81. The number of carbonyl (C=O) groups excluding carboxylic acids is 2. The summed E-state index contributed by atoms with van der Waals surface area (Å²) >= 11 is 0. The molecule has 11 heteroatoms. The van der Waals surface area contributed by atoms with Crippen LogP contribution in [0.15, 0.2) is 60.8 Å². The molecule has 2 aromatic carbocycles. The van der Waals surface area contributed by atoms with Crippen molar-refractivity contribution in [3.8, 4) is 17.0 Å². The zero-order valence-corrected chi connectivity index (χ0v) is 19.8. The lowest BCUT2D eigenvalue weighted by atomic mass is 10.1. The summed E-state index contributed by atoms with van der Waals surface area (Å²) in [5.74, 6) is -0.500. The van der Waals surface area contributed by atoms with Gasteiger partial charge in [-0.2, -0.15) is 5.10 Å². The highest BCUT2D eigenvalue weighted by molar-refractivity contribution is 5.95. The second-order valence-electron chi connectivity index (χ2n) is 9.01. The minimum absolute atomic E-state index is 0.0767. The molecule has 2 saturated heterocycles. The van der Waals surface area contributed by atoms with Crippen LogP contribution < -0.4 is 4.74 Å². The topological polar surface area (TPSA) is 87.8 Å². The number of H-pyrrole nitrogens is 1. The Balaban J connectivity index is 1.18. The number of benzene rings is 2. The van der Waals surface area contributed by atoms with E-state index in [1.54, 1.807) is 28.1 Å². The summed E-state index contributed by atoms with van der Waals surface area (Å²) in [6, 6.07) is 14.4. The molecule has 194 valence electrons. The molecule has 0 unspecified atom stereocenters. The van der Waals surface area contributed by atoms with E-state index in [0.717, 1.165) is 16.8 Å². The first-order valence-electron chi connectivity index (χ1n) is 11.9. The van der Waals surface area contributed by atoms with Gasteiger partial charge in [0.05, 0.1) is 24.4 Å². The molecule has 2 atom stereocenters. The van der Waals surface area contributed by atoms with E-state index in [0.29, 0.717) is 38.2 Å². The normalized spacial score (nSPS) is 19.5. The first-order chi connectivity index (χ1) is 17.8.